The summed E-state index contributed by atoms with van der Waals surface area (Å²) < 4.78 is 51.4. The number of halogens is 3. The molecule has 0 atom stereocenters. The minimum atomic E-state index is -4.41. The molecule has 0 fully saturated rings. The Bertz CT molecular complexity index is 1320. The maximum atomic E-state index is 13.0. The van der Waals surface area contributed by atoms with E-state index in [1.807, 2.05) is 0 Å². The molecule has 34 heavy (non-hydrogen) atoms. The lowest BCUT2D eigenvalue weighted by Gasteiger charge is -2.06. The van der Waals surface area contributed by atoms with E-state index in [0.717, 1.165) is 29.0 Å². The summed E-state index contributed by atoms with van der Waals surface area (Å²) in [7, 11) is 3.38. The van der Waals surface area contributed by atoms with E-state index >= 15 is 0 Å². The molecule has 0 bridgehead atoms. The lowest BCUT2D eigenvalue weighted by molar-refractivity contribution is -0.137. The van der Waals surface area contributed by atoms with Crippen molar-refractivity contribution in [2.45, 2.75) is 6.18 Å². The van der Waals surface area contributed by atoms with Gasteiger partial charge in [0.2, 0.25) is 5.95 Å². The lowest BCUT2D eigenvalue weighted by Crippen LogP contribution is -2.27. The number of aromatic nitrogens is 3. The van der Waals surface area contributed by atoms with Crippen LogP contribution < -0.4 is 10.6 Å². The molecule has 1 amide bonds. The van der Waals surface area contributed by atoms with Crippen molar-refractivity contribution in [3.63, 3.8) is 0 Å². The zero-order chi connectivity index (χ0) is 24.3. The fourth-order valence-electron chi connectivity index (χ4n) is 3.29. The number of aryl methyl sites for hydroxylation is 1. The molecular weight excluding hydrogens is 471 g/mol. The maximum Gasteiger partial charge on any atom is 0.416 e. The van der Waals surface area contributed by atoms with E-state index in [4.69, 9.17) is 9.47 Å². The van der Waals surface area contributed by atoms with Crippen molar-refractivity contribution in [1.29, 1.82) is 0 Å². The molecule has 8 nitrogen and oxygen atoms in total. The molecule has 0 unspecified atom stereocenters. The summed E-state index contributed by atoms with van der Waals surface area (Å²) in [5, 5.41) is 6.27. The Labute approximate surface area is 196 Å². The molecular formula is C22H22F3N5O3S. The van der Waals surface area contributed by atoms with Gasteiger partial charge in [0.15, 0.2) is 5.13 Å². The van der Waals surface area contributed by atoms with Crippen LogP contribution in [0.15, 0.2) is 36.4 Å². The molecule has 2 heterocycles. The second-order valence-corrected chi connectivity index (χ2v) is 8.41. The van der Waals surface area contributed by atoms with E-state index in [1.54, 1.807) is 36.9 Å². The quantitative estimate of drug-likeness (QED) is 0.337. The molecule has 2 N–H and O–H groups in total. The molecule has 0 spiro atoms. The topological polar surface area (TPSA) is 90.3 Å². The molecule has 0 aliphatic rings. The van der Waals surface area contributed by atoms with Crippen LogP contribution in [0, 0.1) is 0 Å². The van der Waals surface area contributed by atoms with Crippen molar-refractivity contribution in [2.24, 2.45) is 7.05 Å². The van der Waals surface area contributed by atoms with Crippen molar-refractivity contribution in [3.8, 4) is 0 Å². The third kappa shape index (κ3) is 5.29. The van der Waals surface area contributed by atoms with Crippen LogP contribution in [0.25, 0.3) is 21.3 Å². The van der Waals surface area contributed by atoms with Gasteiger partial charge in [-0.05, 0) is 36.4 Å². The number of nitrogens with one attached hydrogen (secondary N) is 2. The van der Waals surface area contributed by atoms with Crippen LogP contribution in [0.3, 0.4) is 0 Å². The molecule has 0 radical (unpaired) electrons. The Balaban J connectivity index is 1.47. The van der Waals surface area contributed by atoms with Gasteiger partial charge in [0.25, 0.3) is 5.91 Å². The number of rotatable bonds is 9. The van der Waals surface area contributed by atoms with E-state index in [2.05, 4.69) is 20.6 Å². The van der Waals surface area contributed by atoms with Gasteiger partial charge in [-0.15, -0.1) is 0 Å². The van der Waals surface area contributed by atoms with Crippen LogP contribution in [-0.2, 0) is 22.7 Å². The van der Waals surface area contributed by atoms with Gasteiger partial charge in [0.05, 0.1) is 46.6 Å². The number of hydrogen-bond acceptors (Lipinski definition) is 7. The van der Waals surface area contributed by atoms with Gasteiger partial charge in [0.1, 0.15) is 0 Å². The Kier molecular flexibility index (Phi) is 7.00. The number of carbonyl (C=O) groups is 1. The Hall–Kier alpha value is -3.22. The largest absolute Gasteiger partial charge is 0.416 e. The van der Waals surface area contributed by atoms with E-state index in [-0.39, 0.29) is 5.91 Å². The Morgan fingerprint density at radius 1 is 1.09 bits per heavy atom. The zero-order valence-electron chi connectivity index (χ0n) is 18.4. The molecule has 4 aromatic rings. The normalized spacial score (nSPS) is 11.9. The van der Waals surface area contributed by atoms with E-state index < -0.39 is 11.7 Å². The summed E-state index contributed by atoms with van der Waals surface area (Å²) in [5.74, 6) is 0.207. The molecule has 2 aromatic carbocycles. The van der Waals surface area contributed by atoms with Gasteiger partial charge in [-0.25, -0.2) is 9.97 Å². The first kappa shape index (κ1) is 23.9. The Morgan fingerprint density at radius 2 is 1.91 bits per heavy atom. The summed E-state index contributed by atoms with van der Waals surface area (Å²) in [6, 6.07) is 8.61. The number of ether oxygens (including phenoxy) is 2. The fraction of sp³-hybridized carbons (Fsp3) is 0.318. The molecule has 4 rings (SSSR count). The molecule has 0 aliphatic carbocycles. The predicted octanol–water partition coefficient (Wildman–Crippen LogP) is 4.34. The Morgan fingerprint density at radius 3 is 2.68 bits per heavy atom. The third-order valence-electron chi connectivity index (χ3n) is 5.04. The molecule has 0 saturated carbocycles. The van der Waals surface area contributed by atoms with Gasteiger partial charge in [-0.1, -0.05) is 11.3 Å². The van der Waals surface area contributed by atoms with Crippen LogP contribution in [0.4, 0.5) is 24.3 Å². The standard InChI is InChI=1S/C22H22F3N5O3S/c1-30-17-6-3-13(19(31)26-7-8-33-10-9-32-2)11-16(17)27-20(30)29-21-28-15-5-4-14(22(23,24)25)12-18(15)34-21/h3-6,11-12H,7-10H2,1-2H3,(H,26,31)(H,27,28,29). The van der Waals surface area contributed by atoms with E-state index in [0.29, 0.717) is 58.7 Å². The summed E-state index contributed by atoms with van der Waals surface area (Å²) in [4.78, 5) is 21.3. The van der Waals surface area contributed by atoms with Gasteiger partial charge in [0, 0.05) is 26.3 Å². The first-order valence-corrected chi connectivity index (χ1v) is 11.1. The monoisotopic (exact) mass is 493 g/mol. The second kappa shape index (κ2) is 9.95. The zero-order valence-corrected chi connectivity index (χ0v) is 19.2. The number of carbonyl (C=O) groups excluding carboxylic acids is 1. The van der Waals surface area contributed by atoms with Crippen molar-refractivity contribution in [1.82, 2.24) is 19.9 Å². The summed E-state index contributed by atoms with van der Waals surface area (Å²) in [6.45, 7) is 1.69. The number of alkyl halides is 3. The highest BCUT2D eigenvalue weighted by Gasteiger charge is 2.30. The van der Waals surface area contributed by atoms with Gasteiger partial charge in [-0.2, -0.15) is 13.2 Å². The first-order chi connectivity index (χ1) is 16.3. The molecule has 12 heteroatoms. The number of anilines is 2. The summed E-state index contributed by atoms with van der Waals surface area (Å²) in [5.41, 5.74) is 1.57. The number of hydrogen-bond donors (Lipinski definition) is 2. The predicted molar refractivity (Wildman–Crippen MR) is 124 cm³/mol. The van der Waals surface area contributed by atoms with Gasteiger partial charge < -0.3 is 24.7 Å². The SMILES string of the molecule is COCCOCCNC(=O)c1ccc2c(c1)nc(Nc1nc3ccc(C(F)(F)F)cc3s1)n2C. The highest BCUT2D eigenvalue weighted by molar-refractivity contribution is 7.22. The highest BCUT2D eigenvalue weighted by atomic mass is 32.1. The number of thiazole rings is 1. The van der Waals surface area contributed by atoms with Crippen LogP contribution in [0.2, 0.25) is 0 Å². The van der Waals surface area contributed by atoms with Crippen LogP contribution in [0.1, 0.15) is 15.9 Å². The van der Waals surface area contributed by atoms with Crippen LogP contribution in [0.5, 0.6) is 0 Å². The average molecular weight is 494 g/mol. The number of amides is 1. The highest BCUT2D eigenvalue weighted by Crippen LogP contribution is 2.35. The van der Waals surface area contributed by atoms with Crippen molar-refractivity contribution < 1.29 is 27.4 Å². The third-order valence-corrected chi connectivity index (χ3v) is 5.97. The van der Waals surface area contributed by atoms with Crippen molar-refractivity contribution in [2.75, 3.05) is 38.8 Å². The second-order valence-electron chi connectivity index (χ2n) is 7.38. The maximum absolute atomic E-state index is 13.0. The van der Waals surface area contributed by atoms with Crippen molar-refractivity contribution >= 4 is 49.6 Å². The lowest BCUT2D eigenvalue weighted by atomic mass is 10.2. The number of fused-ring (bicyclic) bond motifs is 2. The van der Waals surface area contributed by atoms with Crippen molar-refractivity contribution in [3.05, 3.63) is 47.5 Å². The molecule has 180 valence electrons. The number of methoxy groups -OCH3 is 1. The number of nitrogens with zero attached hydrogens (tertiary/aromatic N) is 3. The van der Waals surface area contributed by atoms with E-state index in [1.165, 1.54) is 6.07 Å². The number of benzene rings is 2. The fourth-order valence-corrected chi connectivity index (χ4v) is 4.18. The molecule has 0 saturated heterocycles. The average Bonchev–Trinajstić information content (AvgIpc) is 3.34. The minimum Gasteiger partial charge on any atom is -0.382 e. The van der Waals surface area contributed by atoms with Crippen LogP contribution in [-0.4, -0.2) is 53.9 Å². The minimum absolute atomic E-state index is 0.246. The summed E-state index contributed by atoms with van der Waals surface area (Å²) >= 11 is 1.11. The summed E-state index contributed by atoms with van der Waals surface area (Å²) in [6.07, 6.45) is -4.41. The molecule has 2 aromatic heterocycles. The smallest absolute Gasteiger partial charge is 0.382 e. The van der Waals surface area contributed by atoms with E-state index in [9.17, 15) is 18.0 Å². The van der Waals surface area contributed by atoms with Crippen LogP contribution >= 0.6 is 11.3 Å². The molecule has 0 aliphatic heterocycles. The van der Waals surface area contributed by atoms with Gasteiger partial charge >= 0.3 is 6.18 Å². The number of imidazole rings is 1. The first-order valence-electron chi connectivity index (χ1n) is 10.3. The van der Waals surface area contributed by atoms with Gasteiger partial charge in [-0.3, -0.25) is 4.79 Å².